The van der Waals surface area contributed by atoms with Crippen LogP contribution in [0.3, 0.4) is 0 Å². The highest BCUT2D eigenvalue weighted by Crippen LogP contribution is 2.22. The van der Waals surface area contributed by atoms with Gasteiger partial charge in [-0.25, -0.2) is 13.4 Å². The molecule has 8 nitrogen and oxygen atoms in total. The highest BCUT2D eigenvalue weighted by molar-refractivity contribution is 7.92. The number of carbonyl (C=O) groups excluding carboxylic acids is 1. The van der Waals surface area contributed by atoms with Crippen molar-refractivity contribution in [3.8, 4) is 0 Å². The second-order valence-electron chi connectivity index (χ2n) is 6.98. The van der Waals surface area contributed by atoms with Gasteiger partial charge in [-0.2, -0.15) is 0 Å². The second kappa shape index (κ2) is 9.27. The summed E-state index contributed by atoms with van der Waals surface area (Å²) in [5.41, 5.74) is 3.13. The summed E-state index contributed by atoms with van der Waals surface area (Å²) in [6.07, 6.45) is 1.85. The van der Waals surface area contributed by atoms with Crippen LogP contribution in [0.2, 0.25) is 0 Å². The SMILES string of the molecule is CCOCCCn1c(NC(=O)c2ccc(C)c(NS(C)(=O)=O)c2)nc2ccccc21. The van der Waals surface area contributed by atoms with Gasteiger partial charge in [0.2, 0.25) is 16.0 Å². The van der Waals surface area contributed by atoms with Crippen molar-refractivity contribution in [2.75, 3.05) is 29.5 Å². The molecule has 0 atom stereocenters. The van der Waals surface area contributed by atoms with Gasteiger partial charge in [-0.15, -0.1) is 0 Å². The molecule has 0 saturated heterocycles. The number of hydrogen-bond acceptors (Lipinski definition) is 5. The minimum absolute atomic E-state index is 0.333. The highest BCUT2D eigenvalue weighted by Gasteiger charge is 2.16. The minimum atomic E-state index is -3.45. The lowest BCUT2D eigenvalue weighted by atomic mass is 10.1. The van der Waals surface area contributed by atoms with E-state index >= 15 is 0 Å². The maximum Gasteiger partial charge on any atom is 0.258 e. The zero-order chi connectivity index (χ0) is 21.7. The molecule has 1 amide bonds. The first-order chi connectivity index (χ1) is 14.3. The monoisotopic (exact) mass is 430 g/mol. The number of amides is 1. The average molecular weight is 431 g/mol. The summed E-state index contributed by atoms with van der Waals surface area (Å²) < 4.78 is 33.0. The van der Waals surface area contributed by atoms with Crippen LogP contribution in [-0.2, 0) is 21.3 Å². The fourth-order valence-electron chi connectivity index (χ4n) is 3.11. The van der Waals surface area contributed by atoms with Crippen LogP contribution in [0.25, 0.3) is 11.0 Å². The zero-order valence-corrected chi connectivity index (χ0v) is 18.1. The van der Waals surface area contributed by atoms with Crippen LogP contribution < -0.4 is 10.0 Å². The number of anilines is 2. The number of ether oxygens (including phenoxy) is 1. The molecule has 0 aliphatic carbocycles. The summed E-state index contributed by atoms with van der Waals surface area (Å²) >= 11 is 0. The summed E-state index contributed by atoms with van der Waals surface area (Å²) in [7, 11) is -3.45. The molecule has 160 valence electrons. The fraction of sp³-hybridized carbons (Fsp3) is 0.333. The number of rotatable bonds is 9. The quantitative estimate of drug-likeness (QED) is 0.507. The number of nitrogens with zero attached hydrogens (tertiary/aromatic N) is 2. The Balaban J connectivity index is 1.87. The minimum Gasteiger partial charge on any atom is -0.382 e. The third-order valence-electron chi connectivity index (χ3n) is 4.55. The molecule has 2 N–H and O–H groups in total. The van der Waals surface area contributed by atoms with Crippen molar-refractivity contribution in [3.05, 3.63) is 53.6 Å². The normalized spacial score (nSPS) is 11.6. The zero-order valence-electron chi connectivity index (χ0n) is 17.3. The van der Waals surface area contributed by atoms with Crippen molar-refractivity contribution in [2.24, 2.45) is 0 Å². The number of nitrogens with one attached hydrogen (secondary N) is 2. The molecule has 1 aromatic heterocycles. The first-order valence-electron chi connectivity index (χ1n) is 9.71. The van der Waals surface area contributed by atoms with Gasteiger partial charge in [0.05, 0.1) is 23.0 Å². The number of aromatic nitrogens is 2. The number of para-hydroxylation sites is 2. The standard InChI is InChI=1S/C21H26N4O4S/c1-4-29-13-7-12-25-19-9-6-5-8-17(19)22-21(25)23-20(26)16-11-10-15(2)18(14-16)24-30(3,27)28/h5-6,8-11,14,24H,4,7,12-13H2,1-3H3,(H,22,23,26). The molecule has 30 heavy (non-hydrogen) atoms. The number of benzene rings is 2. The van der Waals surface area contributed by atoms with Crippen molar-refractivity contribution < 1.29 is 17.9 Å². The largest absolute Gasteiger partial charge is 0.382 e. The molecule has 0 spiro atoms. The maximum atomic E-state index is 12.9. The van der Waals surface area contributed by atoms with Gasteiger partial charge >= 0.3 is 0 Å². The predicted octanol–water partition coefficient (Wildman–Crippen LogP) is 3.40. The van der Waals surface area contributed by atoms with E-state index < -0.39 is 10.0 Å². The van der Waals surface area contributed by atoms with Crippen molar-refractivity contribution in [1.82, 2.24) is 9.55 Å². The van der Waals surface area contributed by atoms with Crippen molar-refractivity contribution >= 4 is 38.6 Å². The van der Waals surface area contributed by atoms with Crippen molar-refractivity contribution in [2.45, 2.75) is 26.8 Å². The van der Waals surface area contributed by atoms with Crippen LogP contribution in [0, 0.1) is 6.92 Å². The van der Waals surface area contributed by atoms with Gasteiger partial charge in [-0.05, 0) is 50.1 Å². The molecular formula is C21H26N4O4S. The Kier molecular flexibility index (Phi) is 6.73. The molecule has 0 bridgehead atoms. The molecule has 0 saturated carbocycles. The van der Waals surface area contributed by atoms with Crippen LogP contribution in [0.1, 0.15) is 29.3 Å². The molecular weight excluding hydrogens is 404 g/mol. The lowest BCUT2D eigenvalue weighted by Gasteiger charge is -2.12. The Morgan fingerprint density at radius 2 is 1.97 bits per heavy atom. The van der Waals surface area contributed by atoms with Crippen molar-refractivity contribution in [3.63, 3.8) is 0 Å². The van der Waals surface area contributed by atoms with Gasteiger partial charge in [0.25, 0.3) is 5.91 Å². The van der Waals surface area contributed by atoms with E-state index in [1.807, 2.05) is 35.8 Å². The van der Waals surface area contributed by atoms with Gasteiger partial charge in [-0.3, -0.25) is 14.8 Å². The van der Waals surface area contributed by atoms with E-state index in [-0.39, 0.29) is 5.91 Å². The Bertz CT molecular complexity index is 1160. The van der Waals surface area contributed by atoms with Crippen molar-refractivity contribution in [1.29, 1.82) is 0 Å². The molecule has 0 aliphatic rings. The number of imidazole rings is 1. The summed E-state index contributed by atoms with van der Waals surface area (Å²) in [5.74, 6) is 0.0730. The lowest BCUT2D eigenvalue weighted by Crippen LogP contribution is -2.17. The molecule has 2 aromatic carbocycles. The van der Waals surface area contributed by atoms with Crippen LogP contribution in [0.15, 0.2) is 42.5 Å². The predicted molar refractivity (Wildman–Crippen MR) is 118 cm³/mol. The summed E-state index contributed by atoms with van der Waals surface area (Å²) in [5, 5.41) is 2.86. The molecule has 3 rings (SSSR count). The van der Waals surface area contributed by atoms with E-state index in [2.05, 4.69) is 15.0 Å². The molecule has 1 heterocycles. The molecule has 0 radical (unpaired) electrons. The van der Waals surface area contributed by atoms with E-state index in [1.165, 1.54) is 6.07 Å². The molecule has 0 unspecified atom stereocenters. The van der Waals surface area contributed by atoms with Gasteiger partial charge in [0.1, 0.15) is 0 Å². The van der Waals surface area contributed by atoms with Gasteiger partial charge < -0.3 is 9.30 Å². The Morgan fingerprint density at radius 3 is 2.70 bits per heavy atom. The smallest absolute Gasteiger partial charge is 0.258 e. The van der Waals surface area contributed by atoms with Crippen LogP contribution in [-0.4, -0.2) is 43.3 Å². The third-order valence-corrected chi connectivity index (χ3v) is 5.14. The van der Waals surface area contributed by atoms with Gasteiger partial charge in [0.15, 0.2) is 0 Å². The molecule has 0 fully saturated rings. The van der Waals surface area contributed by atoms with Gasteiger partial charge in [-0.1, -0.05) is 18.2 Å². The topological polar surface area (TPSA) is 102 Å². The maximum absolute atomic E-state index is 12.9. The van der Waals surface area contributed by atoms with E-state index in [4.69, 9.17) is 4.74 Å². The number of sulfonamides is 1. The second-order valence-corrected chi connectivity index (χ2v) is 8.73. The summed E-state index contributed by atoms with van der Waals surface area (Å²) in [6, 6.07) is 12.6. The third kappa shape index (κ3) is 5.37. The van der Waals surface area contributed by atoms with Crippen LogP contribution in [0.4, 0.5) is 11.6 Å². The summed E-state index contributed by atoms with van der Waals surface area (Å²) in [6.45, 7) is 5.64. The number of fused-ring (bicyclic) bond motifs is 1. The lowest BCUT2D eigenvalue weighted by molar-refractivity contribution is 0.102. The van der Waals surface area contributed by atoms with Crippen LogP contribution in [0.5, 0.6) is 0 Å². The highest BCUT2D eigenvalue weighted by atomic mass is 32.2. The van der Waals surface area contributed by atoms with E-state index in [0.717, 1.165) is 29.3 Å². The van der Waals surface area contributed by atoms with Crippen LogP contribution >= 0.6 is 0 Å². The van der Waals surface area contributed by atoms with E-state index in [0.29, 0.717) is 37.0 Å². The first kappa shape index (κ1) is 21.8. The van der Waals surface area contributed by atoms with Gasteiger partial charge in [0, 0.05) is 25.3 Å². The average Bonchev–Trinajstić information content (AvgIpc) is 3.03. The summed E-state index contributed by atoms with van der Waals surface area (Å²) in [4.78, 5) is 17.4. The number of hydrogen-bond donors (Lipinski definition) is 2. The molecule has 9 heteroatoms. The Morgan fingerprint density at radius 1 is 1.20 bits per heavy atom. The molecule has 3 aromatic rings. The number of aryl methyl sites for hydroxylation is 2. The number of carbonyl (C=O) groups is 1. The first-order valence-corrected chi connectivity index (χ1v) is 11.6. The van der Waals surface area contributed by atoms with E-state index in [1.54, 1.807) is 19.1 Å². The Hall–Kier alpha value is -2.91. The Labute approximate surface area is 176 Å². The van der Waals surface area contributed by atoms with E-state index in [9.17, 15) is 13.2 Å². The molecule has 0 aliphatic heterocycles. The fourth-order valence-corrected chi connectivity index (χ4v) is 3.73.